The Kier molecular flexibility index (Phi) is 10.4. The molecule has 0 spiro atoms. The van der Waals surface area contributed by atoms with E-state index in [9.17, 15) is 19.4 Å². The van der Waals surface area contributed by atoms with Crippen molar-refractivity contribution in [3.63, 3.8) is 0 Å². The predicted octanol–water partition coefficient (Wildman–Crippen LogP) is 7.06. The average Bonchev–Trinajstić information content (AvgIpc) is 2.91. The summed E-state index contributed by atoms with van der Waals surface area (Å²) in [5, 5.41) is 23.7. The van der Waals surface area contributed by atoms with Gasteiger partial charge in [-0.05, 0) is 92.0 Å². The van der Waals surface area contributed by atoms with Crippen molar-refractivity contribution in [1.82, 2.24) is 5.32 Å². The van der Waals surface area contributed by atoms with Gasteiger partial charge in [-0.3, -0.25) is 0 Å². The number of benzene rings is 3. The van der Waals surface area contributed by atoms with Crippen molar-refractivity contribution in [3.8, 4) is 11.1 Å². The molecule has 6 heteroatoms. The van der Waals surface area contributed by atoms with Crippen LogP contribution in [0.2, 0.25) is 0 Å². The first-order valence-electron chi connectivity index (χ1n) is 13.7. The molecular weight excluding hydrogens is 493 g/mol. The average molecular weight is 536 g/mol. The molecule has 5 nitrogen and oxygen atoms in total. The van der Waals surface area contributed by atoms with Crippen molar-refractivity contribution in [1.29, 1.82) is 0 Å². The van der Waals surface area contributed by atoms with Gasteiger partial charge in [0, 0.05) is 12.1 Å². The molecule has 3 N–H and O–H groups in total. The molecule has 3 atom stereocenters. The van der Waals surface area contributed by atoms with Crippen LogP contribution in [0.1, 0.15) is 85.7 Å². The highest BCUT2D eigenvalue weighted by Gasteiger charge is 2.22. The zero-order valence-corrected chi connectivity index (χ0v) is 23.9. The topological polar surface area (TPSA) is 78.8 Å². The Balaban J connectivity index is 1.65. The van der Waals surface area contributed by atoms with Crippen molar-refractivity contribution in [2.24, 2.45) is 0 Å². The number of carbonyl (C=O) groups is 1. The van der Waals surface area contributed by atoms with Crippen molar-refractivity contribution in [2.45, 2.75) is 78.0 Å². The van der Waals surface area contributed by atoms with Crippen LogP contribution in [-0.4, -0.2) is 41.0 Å². The number of aliphatic hydroxyl groups excluding tert-OH is 1. The number of carboxylic acids is 1. The van der Waals surface area contributed by atoms with Crippen molar-refractivity contribution in [2.75, 3.05) is 13.2 Å². The number of nitrogens with one attached hydrogen (secondary N) is 1. The van der Waals surface area contributed by atoms with Crippen LogP contribution >= 0.6 is 0 Å². The zero-order chi connectivity index (χ0) is 28.7. The molecule has 3 unspecified atom stereocenters. The molecule has 39 heavy (non-hydrogen) atoms. The smallest absolute Gasteiger partial charge is 0.335 e. The minimum Gasteiger partial charge on any atom is -0.478 e. The second-order valence-electron chi connectivity index (χ2n) is 11.2. The van der Waals surface area contributed by atoms with Gasteiger partial charge < -0.3 is 20.3 Å². The fourth-order valence-electron chi connectivity index (χ4n) is 4.78. The fraction of sp³-hybridized carbons (Fsp3) is 0.424. The Morgan fingerprint density at radius 3 is 2.44 bits per heavy atom. The number of aryl methyl sites for hydroxylation is 1. The second-order valence-corrected chi connectivity index (χ2v) is 11.2. The van der Waals surface area contributed by atoms with Crippen LogP contribution < -0.4 is 5.32 Å². The van der Waals surface area contributed by atoms with Crippen LogP contribution in [-0.2, 0) is 11.2 Å². The third-order valence-electron chi connectivity index (χ3n) is 7.37. The number of hydrogen-bond acceptors (Lipinski definition) is 4. The number of ether oxygens (including phenoxy) is 1. The Labute approximate surface area is 232 Å². The Bertz CT molecular complexity index is 1270. The molecule has 0 saturated heterocycles. The Hall–Kier alpha value is -3.06. The van der Waals surface area contributed by atoms with Crippen LogP contribution in [0.4, 0.5) is 4.39 Å². The molecule has 3 aromatic carbocycles. The molecule has 0 saturated carbocycles. The van der Waals surface area contributed by atoms with Crippen LogP contribution in [0, 0.1) is 12.7 Å². The van der Waals surface area contributed by atoms with Gasteiger partial charge in [-0.15, -0.1) is 0 Å². The molecule has 0 heterocycles. The van der Waals surface area contributed by atoms with Gasteiger partial charge in [-0.2, -0.15) is 0 Å². The summed E-state index contributed by atoms with van der Waals surface area (Å²) in [6, 6.07) is 18.7. The monoisotopic (exact) mass is 535 g/mol. The van der Waals surface area contributed by atoms with E-state index in [4.69, 9.17) is 4.74 Å². The molecule has 0 bridgehead atoms. The summed E-state index contributed by atoms with van der Waals surface area (Å²) in [4.78, 5) is 11.8. The molecule has 0 aromatic heterocycles. The first kappa shape index (κ1) is 30.5. The highest BCUT2D eigenvalue weighted by Crippen LogP contribution is 2.34. The third kappa shape index (κ3) is 8.21. The number of hydrogen-bond donors (Lipinski definition) is 3. The van der Waals surface area contributed by atoms with Gasteiger partial charge in [0.1, 0.15) is 5.82 Å². The molecule has 3 rings (SSSR count). The summed E-state index contributed by atoms with van der Waals surface area (Å²) in [6.07, 6.45) is 0.460. The maximum absolute atomic E-state index is 13.9. The van der Waals surface area contributed by atoms with Gasteiger partial charge in [-0.1, -0.05) is 62.4 Å². The number of rotatable bonds is 13. The zero-order valence-electron chi connectivity index (χ0n) is 23.9. The van der Waals surface area contributed by atoms with Gasteiger partial charge in [0.15, 0.2) is 0 Å². The number of β-amino-alcohol motifs (C(OH)–C–C–N with tert-alkyl or cyclic N) is 1. The fourth-order valence-corrected chi connectivity index (χ4v) is 4.78. The second kappa shape index (κ2) is 13.3. The van der Waals surface area contributed by atoms with Gasteiger partial charge in [0.05, 0.1) is 24.4 Å². The van der Waals surface area contributed by atoms with E-state index < -0.39 is 12.1 Å². The minimum absolute atomic E-state index is 0.119. The molecule has 210 valence electrons. The predicted molar refractivity (Wildman–Crippen MR) is 155 cm³/mol. The van der Waals surface area contributed by atoms with E-state index in [2.05, 4.69) is 12.2 Å². The molecule has 0 fully saturated rings. The highest BCUT2D eigenvalue weighted by atomic mass is 19.1. The standard InChI is InChI=1S/C33H42FNO4/c1-7-21(2)30-17-25(14-15-29(30)32(37)38)28-11-9-8-10-27(28)23(4)39-20-26(36)19-35-33(5,6)18-24-13-12-22(3)31(34)16-24/h8-17,21,23,26,35-36H,7,18-20H2,1-6H3,(H,37,38). The minimum atomic E-state index is -0.918. The maximum atomic E-state index is 13.9. The van der Waals surface area contributed by atoms with E-state index in [-0.39, 0.29) is 30.0 Å². The summed E-state index contributed by atoms with van der Waals surface area (Å²) >= 11 is 0. The quantitative estimate of drug-likeness (QED) is 0.218. The number of carboxylic acid groups (broad SMARTS) is 1. The van der Waals surface area contributed by atoms with Gasteiger partial charge in [-0.25, -0.2) is 9.18 Å². The number of aliphatic hydroxyl groups is 1. The molecule has 0 radical (unpaired) electrons. The lowest BCUT2D eigenvalue weighted by Gasteiger charge is -2.28. The van der Waals surface area contributed by atoms with Crippen LogP contribution in [0.15, 0.2) is 60.7 Å². The van der Waals surface area contributed by atoms with Crippen LogP contribution in [0.5, 0.6) is 0 Å². The molecule has 0 aliphatic rings. The molecule has 0 aliphatic carbocycles. The Morgan fingerprint density at radius 1 is 1.05 bits per heavy atom. The summed E-state index contributed by atoms with van der Waals surface area (Å²) in [5.74, 6) is -1.01. The van der Waals surface area contributed by atoms with E-state index in [1.165, 1.54) is 0 Å². The molecular formula is C33H42FNO4. The van der Waals surface area contributed by atoms with Crippen LogP contribution in [0.3, 0.4) is 0 Å². The largest absolute Gasteiger partial charge is 0.478 e. The highest BCUT2D eigenvalue weighted by molar-refractivity contribution is 5.90. The summed E-state index contributed by atoms with van der Waals surface area (Å²) < 4.78 is 20.0. The lowest BCUT2D eigenvalue weighted by atomic mass is 9.88. The van der Waals surface area contributed by atoms with Gasteiger partial charge >= 0.3 is 5.97 Å². The molecule has 3 aromatic rings. The summed E-state index contributed by atoms with van der Waals surface area (Å²) in [5.41, 5.74) is 5.24. The number of halogens is 1. The van der Waals surface area contributed by atoms with Crippen molar-refractivity contribution >= 4 is 5.97 Å². The number of aromatic carboxylic acids is 1. The van der Waals surface area contributed by atoms with E-state index >= 15 is 0 Å². The van der Waals surface area contributed by atoms with E-state index in [0.29, 0.717) is 24.1 Å². The third-order valence-corrected chi connectivity index (χ3v) is 7.37. The van der Waals surface area contributed by atoms with Crippen molar-refractivity contribution < 1.29 is 24.1 Å². The van der Waals surface area contributed by atoms with Gasteiger partial charge in [0.2, 0.25) is 0 Å². The molecule has 0 aliphatic heterocycles. The molecule has 0 amide bonds. The normalized spacial score (nSPS) is 14.2. The van der Waals surface area contributed by atoms with Crippen LogP contribution in [0.25, 0.3) is 11.1 Å². The maximum Gasteiger partial charge on any atom is 0.335 e. The first-order valence-corrected chi connectivity index (χ1v) is 13.7. The van der Waals surface area contributed by atoms with E-state index in [1.54, 1.807) is 25.1 Å². The lowest BCUT2D eigenvalue weighted by molar-refractivity contribution is -0.00397. The first-order chi connectivity index (χ1) is 18.4. The summed E-state index contributed by atoms with van der Waals surface area (Å²) in [6.45, 7) is 12.3. The van der Waals surface area contributed by atoms with Crippen molar-refractivity contribution in [3.05, 3.63) is 94.3 Å². The Morgan fingerprint density at radius 2 is 1.77 bits per heavy atom. The van der Waals surface area contributed by atoms with E-state index in [1.807, 2.05) is 70.2 Å². The van der Waals surface area contributed by atoms with E-state index in [0.717, 1.165) is 34.2 Å². The SMILES string of the molecule is CCC(C)c1cc(-c2ccccc2C(C)OCC(O)CNC(C)(C)Cc2ccc(C)c(F)c2)ccc1C(=O)O. The lowest BCUT2D eigenvalue weighted by Crippen LogP contribution is -2.46. The van der Waals surface area contributed by atoms with Gasteiger partial charge in [0.25, 0.3) is 0 Å². The summed E-state index contributed by atoms with van der Waals surface area (Å²) in [7, 11) is 0.